The Kier molecular flexibility index (Phi) is 5.83. The Morgan fingerprint density at radius 2 is 1.92 bits per heavy atom. The van der Waals surface area contributed by atoms with Crippen molar-refractivity contribution in [1.82, 2.24) is 0 Å². The molecule has 0 amide bonds. The standard InChI is InChI=1S/C16H11ClF3NO5/c1-25-15(21(23)24)14(22)9-3-2-4-11(7-9)26-13-6-5-10(8-12(13)17)16(18,19)20/h2-8,15H,1H3. The lowest BCUT2D eigenvalue weighted by Crippen LogP contribution is -2.31. The van der Waals surface area contributed by atoms with E-state index in [1.54, 1.807) is 0 Å². The number of nitro groups is 1. The number of hydrogen-bond acceptors (Lipinski definition) is 5. The predicted octanol–water partition coefficient (Wildman–Crippen LogP) is 4.58. The van der Waals surface area contributed by atoms with Crippen LogP contribution < -0.4 is 4.74 Å². The highest BCUT2D eigenvalue weighted by Gasteiger charge is 2.32. The van der Waals surface area contributed by atoms with Gasteiger partial charge in [-0.1, -0.05) is 23.7 Å². The molecule has 0 spiro atoms. The van der Waals surface area contributed by atoms with E-state index < -0.39 is 28.7 Å². The molecule has 6 nitrogen and oxygen atoms in total. The first-order valence-electron chi connectivity index (χ1n) is 6.98. The van der Waals surface area contributed by atoms with Crippen LogP contribution in [0.15, 0.2) is 42.5 Å². The molecule has 0 bridgehead atoms. The van der Waals surface area contributed by atoms with Gasteiger partial charge in [0.1, 0.15) is 11.5 Å². The highest BCUT2D eigenvalue weighted by atomic mass is 35.5. The van der Waals surface area contributed by atoms with Gasteiger partial charge in [0.05, 0.1) is 15.5 Å². The molecule has 2 rings (SSSR count). The summed E-state index contributed by atoms with van der Waals surface area (Å²) < 4.78 is 47.8. The molecule has 2 aromatic carbocycles. The monoisotopic (exact) mass is 389 g/mol. The summed E-state index contributed by atoms with van der Waals surface area (Å²) in [6.45, 7) is 0. The molecule has 138 valence electrons. The summed E-state index contributed by atoms with van der Waals surface area (Å²) in [5, 5.41) is 10.5. The van der Waals surface area contributed by atoms with Crippen LogP contribution in [0.3, 0.4) is 0 Å². The molecule has 0 heterocycles. The Balaban J connectivity index is 2.26. The lowest BCUT2D eigenvalue weighted by molar-refractivity contribution is -0.553. The Bertz CT molecular complexity index is 841. The van der Waals surface area contributed by atoms with Crippen molar-refractivity contribution in [3.8, 4) is 11.5 Å². The predicted molar refractivity (Wildman–Crippen MR) is 85.1 cm³/mol. The van der Waals surface area contributed by atoms with Gasteiger partial charge in [-0.25, -0.2) is 0 Å². The van der Waals surface area contributed by atoms with Gasteiger partial charge in [-0.15, -0.1) is 0 Å². The largest absolute Gasteiger partial charge is 0.456 e. The summed E-state index contributed by atoms with van der Waals surface area (Å²) in [5.74, 6) is -0.904. The van der Waals surface area contributed by atoms with E-state index in [4.69, 9.17) is 16.3 Å². The molecule has 0 aromatic heterocycles. The maximum atomic E-state index is 12.6. The van der Waals surface area contributed by atoms with Gasteiger partial charge in [0, 0.05) is 12.7 Å². The molecule has 1 atom stereocenters. The highest BCUT2D eigenvalue weighted by molar-refractivity contribution is 6.32. The van der Waals surface area contributed by atoms with Crippen LogP contribution in [-0.2, 0) is 10.9 Å². The second kappa shape index (κ2) is 7.71. The Morgan fingerprint density at radius 1 is 1.23 bits per heavy atom. The van der Waals surface area contributed by atoms with E-state index in [1.807, 2.05) is 0 Å². The molecule has 0 saturated carbocycles. The molecule has 0 fully saturated rings. The number of carbonyl (C=O) groups excluding carboxylic acids is 1. The normalized spacial score (nSPS) is 12.5. The maximum Gasteiger partial charge on any atom is 0.416 e. The minimum Gasteiger partial charge on any atom is -0.456 e. The molecular formula is C16H11ClF3NO5. The maximum absolute atomic E-state index is 12.6. The Hall–Kier alpha value is -2.65. The molecular weight excluding hydrogens is 379 g/mol. The summed E-state index contributed by atoms with van der Waals surface area (Å²) in [4.78, 5) is 22.0. The smallest absolute Gasteiger partial charge is 0.416 e. The van der Waals surface area contributed by atoms with Crippen molar-refractivity contribution in [2.24, 2.45) is 0 Å². The number of Topliss-reactive ketones (excluding diaryl/α,β-unsaturated/α-hetero) is 1. The highest BCUT2D eigenvalue weighted by Crippen LogP contribution is 2.36. The van der Waals surface area contributed by atoms with Crippen molar-refractivity contribution >= 4 is 17.4 Å². The van der Waals surface area contributed by atoms with Gasteiger partial charge in [-0.3, -0.25) is 14.9 Å². The lowest BCUT2D eigenvalue weighted by atomic mass is 10.1. The van der Waals surface area contributed by atoms with Crippen LogP contribution in [0, 0.1) is 10.1 Å². The number of halogens is 4. The van der Waals surface area contributed by atoms with Crippen LogP contribution >= 0.6 is 11.6 Å². The van der Waals surface area contributed by atoms with E-state index in [0.29, 0.717) is 6.07 Å². The first-order chi connectivity index (χ1) is 12.1. The van der Waals surface area contributed by atoms with Gasteiger partial charge in [0.2, 0.25) is 0 Å². The molecule has 26 heavy (non-hydrogen) atoms. The molecule has 0 aliphatic rings. The molecule has 0 aliphatic heterocycles. The fourth-order valence-electron chi connectivity index (χ4n) is 2.03. The third-order valence-electron chi connectivity index (χ3n) is 3.24. The van der Waals surface area contributed by atoms with E-state index in [2.05, 4.69) is 4.74 Å². The van der Waals surface area contributed by atoms with Crippen LogP contribution in [-0.4, -0.2) is 24.0 Å². The second-order valence-corrected chi connectivity index (χ2v) is 5.42. The lowest BCUT2D eigenvalue weighted by Gasteiger charge is -2.12. The van der Waals surface area contributed by atoms with Gasteiger partial charge in [-0.05, 0) is 30.3 Å². The van der Waals surface area contributed by atoms with E-state index in [1.165, 1.54) is 24.3 Å². The number of nitrogens with zero attached hydrogens (tertiary/aromatic N) is 1. The van der Waals surface area contributed by atoms with Gasteiger partial charge >= 0.3 is 12.4 Å². The first kappa shape index (κ1) is 19.7. The SMILES string of the molecule is COC(C(=O)c1cccc(Oc2ccc(C(F)(F)F)cc2Cl)c1)[N+](=O)[O-]. The zero-order chi connectivity index (χ0) is 19.5. The molecule has 10 heteroatoms. The summed E-state index contributed by atoms with van der Waals surface area (Å²) >= 11 is 5.80. The van der Waals surface area contributed by atoms with Crippen molar-refractivity contribution in [3.63, 3.8) is 0 Å². The van der Waals surface area contributed by atoms with Gasteiger partial charge < -0.3 is 9.47 Å². The van der Waals surface area contributed by atoms with Gasteiger partial charge in [0.25, 0.3) is 5.78 Å². The fraction of sp³-hybridized carbons (Fsp3) is 0.188. The summed E-state index contributed by atoms with van der Waals surface area (Å²) in [6, 6.07) is 7.87. The third kappa shape index (κ3) is 4.50. The quantitative estimate of drug-likeness (QED) is 0.312. The van der Waals surface area contributed by atoms with E-state index in [-0.39, 0.29) is 22.1 Å². The number of ether oxygens (including phenoxy) is 2. The number of carbonyl (C=O) groups is 1. The van der Waals surface area contributed by atoms with Crippen molar-refractivity contribution in [1.29, 1.82) is 0 Å². The van der Waals surface area contributed by atoms with Crippen LogP contribution in [0.1, 0.15) is 15.9 Å². The van der Waals surface area contributed by atoms with E-state index in [9.17, 15) is 28.1 Å². The number of methoxy groups -OCH3 is 1. The molecule has 0 saturated heterocycles. The zero-order valence-electron chi connectivity index (χ0n) is 13.1. The number of alkyl halides is 3. The molecule has 1 unspecified atom stereocenters. The second-order valence-electron chi connectivity index (χ2n) is 5.01. The number of benzene rings is 2. The van der Waals surface area contributed by atoms with Crippen molar-refractivity contribution < 1.29 is 32.4 Å². The molecule has 2 aromatic rings. The minimum atomic E-state index is -4.55. The topological polar surface area (TPSA) is 78.7 Å². The van der Waals surface area contributed by atoms with Crippen LogP contribution in [0.25, 0.3) is 0 Å². The molecule has 0 radical (unpaired) electrons. The average Bonchev–Trinajstić information content (AvgIpc) is 2.56. The summed E-state index contributed by atoms with van der Waals surface area (Å²) in [6.07, 6.45) is -6.42. The Labute approximate surface area is 150 Å². The minimum absolute atomic E-state index is 0.0610. The number of rotatable bonds is 6. The average molecular weight is 390 g/mol. The molecule has 0 N–H and O–H groups in total. The molecule has 0 aliphatic carbocycles. The fourth-order valence-corrected chi connectivity index (χ4v) is 2.25. The van der Waals surface area contributed by atoms with E-state index >= 15 is 0 Å². The summed E-state index contributed by atoms with van der Waals surface area (Å²) in [5.41, 5.74) is -0.998. The van der Waals surface area contributed by atoms with Crippen LogP contribution in [0.2, 0.25) is 5.02 Å². The summed E-state index contributed by atoms with van der Waals surface area (Å²) in [7, 11) is 1.02. The first-order valence-corrected chi connectivity index (χ1v) is 7.36. The van der Waals surface area contributed by atoms with Crippen molar-refractivity contribution in [2.45, 2.75) is 12.4 Å². The number of hydrogen-bond donors (Lipinski definition) is 0. The Morgan fingerprint density at radius 3 is 2.46 bits per heavy atom. The van der Waals surface area contributed by atoms with Gasteiger partial charge in [-0.2, -0.15) is 13.2 Å². The van der Waals surface area contributed by atoms with Crippen LogP contribution in [0.4, 0.5) is 13.2 Å². The van der Waals surface area contributed by atoms with Crippen LogP contribution in [0.5, 0.6) is 11.5 Å². The zero-order valence-corrected chi connectivity index (χ0v) is 13.9. The van der Waals surface area contributed by atoms with Crippen molar-refractivity contribution in [3.05, 3.63) is 68.7 Å². The van der Waals surface area contributed by atoms with Gasteiger partial charge in [0.15, 0.2) is 0 Å². The van der Waals surface area contributed by atoms with E-state index in [0.717, 1.165) is 19.2 Å². The number of ketones is 1. The third-order valence-corrected chi connectivity index (χ3v) is 3.54. The van der Waals surface area contributed by atoms with Crippen molar-refractivity contribution in [2.75, 3.05) is 7.11 Å².